The summed E-state index contributed by atoms with van der Waals surface area (Å²) in [6.07, 6.45) is 0. The minimum absolute atomic E-state index is 0.0352. The van der Waals surface area contributed by atoms with Crippen molar-refractivity contribution in [1.82, 2.24) is 23.7 Å². The van der Waals surface area contributed by atoms with Crippen molar-refractivity contribution in [2.45, 2.75) is 67.7 Å². The highest BCUT2D eigenvalue weighted by Crippen LogP contribution is 2.44. The molecule has 0 aliphatic carbocycles. The van der Waals surface area contributed by atoms with E-state index >= 15 is 0 Å². The minimum atomic E-state index is -0.106. The van der Waals surface area contributed by atoms with Crippen LogP contribution in [0.1, 0.15) is 59.7 Å². The fourth-order valence-electron chi connectivity index (χ4n) is 11.2. The Morgan fingerprint density at radius 1 is 0.467 bits per heavy atom. The lowest BCUT2D eigenvalue weighted by Gasteiger charge is -2.34. The van der Waals surface area contributed by atoms with Crippen LogP contribution >= 0.6 is 0 Å². The molecule has 0 bridgehead atoms. The maximum Gasteiger partial charge on any atom is 0.252 e. The molecule has 0 saturated carbocycles. The second-order valence-electron chi connectivity index (χ2n) is 18.5. The smallest absolute Gasteiger partial charge is 0.252 e. The Hall–Kier alpha value is -6.66. The predicted octanol–water partition coefficient (Wildman–Crippen LogP) is 11.1. The van der Waals surface area contributed by atoms with Crippen molar-refractivity contribution in [3.05, 3.63) is 154 Å². The van der Waals surface area contributed by atoms with E-state index in [0.717, 1.165) is 28.2 Å². The Morgan fingerprint density at radius 2 is 0.983 bits per heavy atom. The van der Waals surface area contributed by atoms with Crippen LogP contribution in [0.3, 0.4) is 0 Å². The van der Waals surface area contributed by atoms with Gasteiger partial charge in [0.2, 0.25) is 0 Å². The molecular formula is C54H46BN5. The molecule has 7 aromatic carbocycles. The summed E-state index contributed by atoms with van der Waals surface area (Å²) in [4.78, 5) is 11.6. The summed E-state index contributed by atoms with van der Waals surface area (Å²) in [7, 11) is 0. The Kier molecular flexibility index (Phi) is 7.05. The van der Waals surface area contributed by atoms with Gasteiger partial charge in [0, 0.05) is 33.3 Å². The summed E-state index contributed by atoms with van der Waals surface area (Å²) in [5, 5.41) is 2.47. The fraction of sp³-hybridized carbons (Fsp3) is 0.185. The summed E-state index contributed by atoms with van der Waals surface area (Å²) in [5.74, 6) is 1.99. The van der Waals surface area contributed by atoms with E-state index in [2.05, 4.69) is 191 Å². The zero-order valence-corrected chi connectivity index (χ0v) is 35.8. The van der Waals surface area contributed by atoms with Crippen LogP contribution in [0.2, 0.25) is 0 Å². The lowest BCUT2D eigenvalue weighted by atomic mass is 9.34. The zero-order valence-electron chi connectivity index (χ0n) is 35.8. The van der Waals surface area contributed by atoms with Crippen LogP contribution in [-0.2, 0) is 5.41 Å². The van der Waals surface area contributed by atoms with Gasteiger partial charge >= 0.3 is 0 Å². The van der Waals surface area contributed by atoms with E-state index in [1.807, 2.05) is 0 Å². The van der Waals surface area contributed by atoms with E-state index in [4.69, 9.17) is 9.97 Å². The van der Waals surface area contributed by atoms with Crippen LogP contribution in [-0.4, -0.2) is 30.4 Å². The molecule has 10 aromatic rings. The molecule has 2 aliphatic rings. The molecule has 12 rings (SSSR count). The van der Waals surface area contributed by atoms with Gasteiger partial charge in [-0.1, -0.05) is 118 Å². The van der Waals surface area contributed by atoms with Crippen LogP contribution in [0.4, 0.5) is 0 Å². The predicted molar refractivity (Wildman–Crippen MR) is 253 cm³/mol. The number of imidazole rings is 2. The van der Waals surface area contributed by atoms with Gasteiger partial charge in [-0.2, -0.15) is 0 Å². The first-order valence-corrected chi connectivity index (χ1v) is 21.3. The summed E-state index contributed by atoms with van der Waals surface area (Å²) in [6.45, 7) is 20.3. The molecule has 0 amide bonds. The van der Waals surface area contributed by atoms with Crippen molar-refractivity contribution in [3.63, 3.8) is 0 Å². The number of fused-ring (bicyclic) bond motifs is 8. The van der Waals surface area contributed by atoms with Gasteiger partial charge in [-0.15, -0.1) is 0 Å². The van der Waals surface area contributed by atoms with Crippen molar-refractivity contribution in [3.8, 4) is 39.8 Å². The van der Waals surface area contributed by atoms with Gasteiger partial charge in [0.1, 0.15) is 17.2 Å². The molecule has 5 heterocycles. The quantitative estimate of drug-likeness (QED) is 0.168. The molecule has 5 nitrogen and oxygen atoms in total. The maximum absolute atomic E-state index is 5.91. The summed E-state index contributed by atoms with van der Waals surface area (Å²) >= 11 is 0. The van der Waals surface area contributed by atoms with E-state index in [1.54, 1.807) is 0 Å². The van der Waals surface area contributed by atoms with Crippen LogP contribution in [0.5, 0.6) is 0 Å². The molecule has 0 saturated heterocycles. The third-order valence-corrected chi connectivity index (χ3v) is 13.8. The SMILES string of the molecule is Cc1cccc(C)c1-c1nc2c(C(C)(C)C)ccc3c2n1-c1cccc2c1B3c1cc3c4ccccc4n(-c4c(C)cccc4C)c3c3nc(-c4c(C)cccc4C)n-2c13. The molecule has 290 valence electrons. The summed E-state index contributed by atoms with van der Waals surface area (Å²) < 4.78 is 7.53. The average Bonchev–Trinajstić information content (AvgIpc) is 3.89. The topological polar surface area (TPSA) is 40.6 Å². The number of para-hydroxylation sites is 2. The number of nitrogens with zero attached hydrogens (tertiary/aromatic N) is 5. The number of aromatic nitrogens is 5. The molecule has 2 aliphatic heterocycles. The Bertz CT molecular complexity index is 3490. The van der Waals surface area contributed by atoms with Gasteiger partial charge in [0.25, 0.3) is 6.71 Å². The first kappa shape index (κ1) is 35.3. The van der Waals surface area contributed by atoms with E-state index in [0.29, 0.717) is 0 Å². The average molecular weight is 776 g/mol. The lowest BCUT2D eigenvalue weighted by Crippen LogP contribution is -2.59. The van der Waals surface area contributed by atoms with Gasteiger partial charge in [0.15, 0.2) is 0 Å². The van der Waals surface area contributed by atoms with Crippen LogP contribution in [0, 0.1) is 41.5 Å². The second-order valence-corrected chi connectivity index (χ2v) is 18.5. The van der Waals surface area contributed by atoms with E-state index in [9.17, 15) is 0 Å². The highest BCUT2D eigenvalue weighted by Gasteiger charge is 2.43. The van der Waals surface area contributed by atoms with Crippen molar-refractivity contribution >= 4 is 67.0 Å². The standard InChI is InChI=1S/C54H46BN5/c1-29-16-12-17-30(2)43(29)52-56-46-37(54(7,8)9)26-27-38-50(46)59(52)41-24-15-25-42-45(41)55(38)39-28-36-35-22-10-11-23-40(35)58(48-33(5)20-14-21-34(48)6)49(36)47-51(39)60(42)53(57-47)44-31(3)18-13-19-32(44)4/h10-28H,1-9H3. The van der Waals surface area contributed by atoms with Crippen molar-refractivity contribution in [1.29, 1.82) is 0 Å². The third-order valence-electron chi connectivity index (χ3n) is 13.8. The first-order valence-electron chi connectivity index (χ1n) is 21.3. The normalized spacial score (nSPS) is 13.1. The monoisotopic (exact) mass is 775 g/mol. The highest BCUT2D eigenvalue weighted by atomic mass is 15.1. The summed E-state index contributed by atoms with van der Waals surface area (Å²) in [5.41, 5.74) is 25.3. The third kappa shape index (κ3) is 4.43. The molecule has 0 radical (unpaired) electrons. The van der Waals surface area contributed by atoms with Crippen molar-refractivity contribution in [2.75, 3.05) is 0 Å². The number of benzene rings is 7. The van der Waals surface area contributed by atoms with Gasteiger partial charge in [-0.25, -0.2) is 9.97 Å². The number of hydrogen-bond donors (Lipinski definition) is 0. The van der Waals surface area contributed by atoms with E-state index < -0.39 is 0 Å². The van der Waals surface area contributed by atoms with Crippen LogP contribution in [0.15, 0.2) is 115 Å². The molecular weight excluding hydrogens is 729 g/mol. The highest BCUT2D eigenvalue weighted by molar-refractivity contribution is 7.00. The molecule has 3 aromatic heterocycles. The molecule has 0 spiro atoms. The maximum atomic E-state index is 5.91. The Labute approximate surface area is 351 Å². The van der Waals surface area contributed by atoms with Gasteiger partial charge in [-0.3, -0.25) is 9.13 Å². The molecule has 0 fully saturated rings. The fourth-order valence-corrected chi connectivity index (χ4v) is 11.2. The molecule has 0 unspecified atom stereocenters. The van der Waals surface area contributed by atoms with Crippen LogP contribution < -0.4 is 16.4 Å². The zero-order chi connectivity index (χ0) is 41.1. The van der Waals surface area contributed by atoms with E-state index in [1.165, 1.54) is 111 Å². The molecule has 60 heavy (non-hydrogen) atoms. The van der Waals surface area contributed by atoms with E-state index in [-0.39, 0.29) is 12.1 Å². The largest absolute Gasteiger partial charge is 0.307 e. The number of aryl methyl sites for hydroxylation is 6. The lowest BCUT2D eigenvalue weighted by molar-refractivity contribution is 0.595. The van der Waals surface area contributed by atoms with Gasteiger partial charge < -0.3 is 4.57 Å². The van der Waals surface area contributed by atoms with Crippen molar-refractivity contribution < 1.29 is 0 Å². The van der Waals surface area contributed by atoms with Crippen LogP contribution in [0.25, 0.3) is 83.7 Å². The Balaban J connectivity index is 1.31. The summed E-state index contributed by atoms with van der Waals surface area (Å²) in [6, 6.07) is 43.1. The minimum Gasteiger partial charge on any atom is -0.307 e. The number of hydrogen-bond acceptors (Lipinski definition) is 2. The molecule has 0 N–H and O–H groups in total. The Morgan fingerprint density at radius 3 is 1.57 bits per heavy atom. The number of rotatable bonds is 3. The molecule has 0 atom stereocenters. The van der Waals surface area contributed by atoms with Crippen molar-refractivity contribution in [2.24, 2.45) is 0 Å². The van der Waals surface area contributed by atoms with Gasteiger partial charge in [-0.05, 0) is 120 Å². The van der Waals surface area contributed by atoms with Gasteiger partial charge in [0.05, 0.1) is 33.3 Å². The molecule has 6 heteroatoms. The second kappa shape index (κ2) is 12.0. The first-order chi connectivity index (χ1) is 28.9.